The summed E-state index contributed by atoms with van der Waals surface area (Å²) in [5.74, 6) is -0.410. The van der Waals surface area contributed by atoms with Crippen molar-refractivity contribution in [1.29, 1.82) is 0 Å². The molecule has 0 aliphatic heterocycles. The number of nitrogens with zero attached hydrogens (tertiary/aromatic N) is 4. The molecule has 0 radical (unpaired) electrons. The zero-order chi connectivity index (χ0) is 26.2. The number of ether oxygens (including phenoxy) is 1. The van der Waals surface area contributed by atoms with Crippen LogP contribution in [-0.4, -0.2) is 43.4 Å². The van der Waals surface area contributed by atoms with Crippen molar-refractivity contribution in [2.24, 2.45) is 0 Å². The molecule has 2 unspecified atom stereocenters. The first-order valence-electron chi connectivity index (χ1n) is 11.9. The second-order valence-electron chi connectivity index (χ2n) is 10.3. The van der Waals surface area contributed by atoms with Gasteiger partial charge in [-0.2, -0.15) is 0 Å². The molecule has 0 saturated heterocycles. The molecule has 2 heterocycles. The monoisotopic (exact) mass is 494 g/mol. The van der Waals surface area contributed by atoms with E-state index in [0.717, 1.165) is 11.1 Å². The summed E-state index contributed by atoms with van der Waals surface area (Å²) in [6.45, 7) is 11.2. The van der Waals surface area contributed by atoms with Crippen LogP contribution in [-0.2, 0) is 4.74 Å². The van der Waals surface area contributed by atoms with Gasteiger partial charge in [0.25, 0.3) is 5.91 Å². The molecule has 0 bridgehead atoms. The number of pyridine rings is 1. The van der Waals surface area contributed by atoms with Crippen LogP contribution < -0.4 is 10.6 Å². The molecule has 9 nitrogen and oxygen atoms in total. The number of nitrogens with one attached hydrogen (secondary N) is 2. The maximum atomic E-state index is 14.8. The molecule has 1 fully saturated rings. The molecule has 1 aliphatic carbocycles. The number of carbonyl (C=O) groups is 2. The summed E-state index contributed by atoms with van der Waals surface area (Å²) in [6.07, 6.45) is 1.82. The number of halogens is 1. The summed E-state index contributed by atoms with van der Waals surface area (Å²) in [6, 6.07) is 8.05. The van der Waals surface area contributed by atoms with Gasteiger partial charge in [-0.05, 0) is 83.4 Å². The lowest BCUT2D eigenvalue weighted by molar-refractivity contribution is 0.0522. The largest absolute Gasteiger partial charge is 0.444 e. The van der Waals surface area contributed by atoms with Gasteiger partial charge in [0.05, 0.1) is 5.56 Å². The SMILES string of the molecule is Cc1cc(F)c(C(=O)Nc2cccc(-c3nncn3C(C)C)n2)cc1C1CC1NC(=O)OC(C)(C)C. The van der Waals surface area contributed by atoms with Gasteiger partial charge in [0.2, 0.25) is 0 Å². The molecule has 2 aromatic heterocycles. The Bertz CT molecular complexity index is 1300. The predicted octanol–water partition coefficient (Wildman–Crippen LogP) is 5.00. The van der Waals surface area contributed by atoms with E-state index in [2.05, 4.69) is 25.8 Å². The Hall–Kier alpha value is -3.82. The third kappa shape index (κ3) is 5.69. The summed E-state index contributed by atoms with van der Waals surface area (Å²) < 4.78 is 22.0. The van der Waals surface area contributed by atoms with Crippen LogP contribution in [0.1, 0.15) is 74.5 Å². The molecular formula is C26H31FN6O3. The Morgan fingerprint density at radius 3 is 2.67 bits per heavy atom. The van der Waals surface area contributed by atoms with E-state index in [0.29, 0.717) is 17.9 Å². The fraction of sp³-hybridized carbons (Fsp3) is 0.423. The van der Waals surface area contributed by atoms with Gasteiger partial charge >= 0.3 is 6.09 Å². The molecule has 0 spiro atoms. The van der Waals surface area contributed by atoms with E-state index in [1.54, 1.807) is 58.3 Å². The van der Waals surface area contributed by atoms with Crippen molar-refractivity contribution in [3.63, 3.8) is 0 Å². The first-order valence-corrected chi connectivity index (χ1v) is 11.9. The van der Waals surface area contributed by atoms with E-state index in [1.165, 1.54) is 6.07 Å². The number of aryl methyl sites for hydroxylation is 1. The van der Waals surface area contributed by atoms with E-state index in [1.807, 2.05) is 18.4 Å². The van der Waals surface area contributed by atoms with E-state index in [9.17, 15) is 14.0 Å². The maximum Gasteiger partial charge on any atom is 0.407 e. The molecule has 10 heteroatoms. The number of benzene rings is 1. The molecule has 2 atom stereocenters. The van der Waals surface area contributed by atoms with Crippen molar-refractivity contribution >= 4 is 17.8 Å². The Morgan fingerprint density at radius 1 is 1.22 bits per heavy atom. The van der Waals surface area contributed by atoms with E-state index < -0.39 is 23.4 Å². The lowest BCUT2D eigenvalue weighted by Crippen LogP contribution is -2.34. The van der Waals surface area contributed by atoms with Crippen LogP contribution in [0.3, 0.4) is 0 Å². The van der Waals surface area contributed by atoms with E-state index in [4.69, 9.17) is 4.74 Å². The van der Waals surface area contributed by atoms with Crippen molar-refractivity contribution in [1.82, 2.24) is 25.1 Å². The van der Waals surface area contributed by atoms with Gasteiger partial charge in [-0.1, -0.05) is 6.07 Å². The highest BCUT2D eigenvalue weighted by atomic mass is 19.1. The Balaban J connectivity index is 1.50. The van der Waals surface area contributed by atoms with Crippen molar-refractivity contribution in [3.05, 3.63) is 59.2 Å². The molecule has 3 aromatic rings. The number of alkyl carbamates (subject to hydrolysis) is 1. The first-order chi connectivity index (χ1) is 16.9. The molecule has 2 N–H and O–H groups in total. The molecule has 1 aromatic carbocycles. The van der Waals surface area contributed by atoms with Gasteiger partial charge < -0.3 is 19.9 Å². The van der Waals surface area contributed by atoms with Crippen molar-refractivity contribution in [2.75, 3.05) is 5.32 Å². The number of rotatable bonds is 6. The summed E-state index contributed by atoms with van der Waals surface area (Å²) in [4.78, 5) is 29.6. The average Bonchev–Trinajstić information content (AvgIpc) is 3.32. The minimum Gasteiger partial charge on any atom is -0.444 e. The zero-order valence-corrected chi connectivity index (χ0v) is 21.3. The second kappa shape index (κ2) is 9.67. The van der Waals surface area contributed by atoms with Crippen molar-refractivity contribution in [2.45, 2.75) is 71.6 Å². The summed E-state index contributed by atoms with van der Waals surface area (Å²) >= 11 is 0. The Labute approximate surface area is 209 Å². The van der Waals surface area contributed by atoms with Gasteiger partial charge in [0, 0.05) is 18.0 Å². The number of anilines is 1. The molecule has 1 saturated carbocycles. The van der Waals surface area contributed by atoms with Gasteiger partial charge in [-0.25, -0.2) is 14.2 Å². The van der Waals surface area contributed by atoms with E-state index in [-0.39, 0.29) is 29.4 Å². The van der Waals surface area contributed by atoms with Crippen LogP contribution in [0.4, 0.5) is 15.0 Å². The summed E-state index contributed by atoms with van der Waals surface area (Å²) in [5, 5.41) is 13.6. The van der Waals surface area contributed by atoms with Crippen LogP contribution in [0.15, 0.2) is 36.7 Å². The number of hydrogen-bond donors (Lipinski definition) is 2. The first kappa shape index (κ1) is 25.3. The Morgan fingerprint density at radius 2 is 1.97 bits per heavy atom. The fourth-order valence-corrected chi connectivity index (χ4v) is 4.04. The lowest BCUT2D eigenvalue weighted by atomic mass is 9.99. The summed E-state index contributed by atoms with van der Waals surface area (Å²) in [5.41, 5.74) is 1.39. The smallest absolute Gasteiger partial charge is 0.407 e. The molecule has 4 rings (SSSR count). The normalized spacial score (nSPS) is 17.1. The van der Waals surface area contributed by atoms with Crippen LogP contribution in [0.2, 0.25) is 0 Å². The lowest BCUT2D eigenvalue weighted by Gasteiger charge is -2.19. The average molecular weight is 495 g/mol. The van der Waals surface area contributed by atoms with Gasteiger partial charge in [0.15, 0.2) is 5.82 Å². The topological polar surface area (TPSA) is 111 Å². The third-order valence-electron chi connectivity index (χ3n) is 5.84. The van der Waals surface area contributed by atoms with Gasteiger partial charge in [-0.15, -0.1) is 10.2 Å². The molecule has 36 heavy (non-hydrogen) atoms. The quantitative estimate of drug-likeness (QED) is 0.499. The van der Waals surface area contributed by atoms with Crippen molar-refractivity contribution in [3.8, 4) is 11.5 Å². The highest BCUT2D eigenvalue weighted by Gasteiger charge is 2.41. The second-order valence-corrected chi connectivity index (χ2v) is 10.3. The minimum atomic E-state index is -0.623. The minimum absolute atomic E-state index is 0.0199. The molecule has 190 valence electrons. The third-order valence-corrected chi connectivity index (χ3v) is 5.84. The van der Waals surface area contributed by atoms with E-state index >= 15 is 0 Å². The van der Waals surface area contributed by atoms with Crippen molar-refractivity contribution < 1.29 is 18.7 Å². The highest BCUT2D eigenvalue weighted by molar-refractivity contribution is 6.04. The van der Waals surface area contributed by atoms with Gasteiger partial charge in [0.1, 0.15) is 29.3 Å². The summed E-state index contributed by atoms with van der Waals surface area (Å²) in [7, 11) is 0. The standard InChI is InChI=1S/C26H31FN6O3/c1-14(2)33-13-28-32-23(33)20-8-7-9-22(29-20)31-24(34)18-11-16(15(3)10-19(18)27)17-12-21(17)30-25(35)36-26(4,5)6/h7-11,13-14,17,21H,12H2,1-6H3,(H,30,35)(H,29,31,34). The maximum absolute atomic E-state index is 14.8. The van der Waals surface area contributed by atoms with Crippen LogP contribution in [0, 0.1) is 12.7 Å². The predicted molar refractivity (Wildman–Crippen MR) is 133 cm³/mol. The van der Waals surface area contributed by atoms with Gasteiger partial charge in [-0.3, -0.25) is 4.79 Å². The fourth-order valence-electron chi connectivity index (χ4n) is 4.04. The molecule has 2 amide bonds. The number of hydrogen-bond acceptors (Lipinski definition) is 6. The zero-order valence-electron chi connectivity index (χ0n) is 21.3. The Kier molecular flexibility index (Phi) is 6.79. The number of aromatic nitrogens is 4. The molecular weight excluding hydrogens is 463 g/mol. The number of carbonyl (C=O) groups excluding carboxylic acids is 2. The van der Waals surface area contributed by atoms with Crippen LogP contribution >= 0.6 is 0 Å². The highest BCUT2D eigenvalue weighted by Crippen LogP contribution is 2.43. The number of amides is 2. The van der Waals surface area contributed by atoms with Crippen LogP contribution in [0.25, 0.3) is 11.5 Å². The molecule has 1 aliphatic rings. The van der Waals surface area contributed by atoms with Crippen LogP contribution in [0.5, 0.6) is 0 Å².